The maximum absolute atomic E-state index is 13.0. The summed E-state index contributed by atoms with van der Waals surface area (Å²) in [4.78, 5) is 59.0. The number of phosphoric acid groups is 2. The van der Waals surface area contributed by atoms with E-state index < -0.39 is 91.5 Å². The molecule has 5 unspecified atom stereocenters. The molecule has 121 heavy (non-hydrogen) atoms. The van der Waals surface area contributed by atoms with E-state index in [1.807, 2.05) is 0 Å². The zero-order valence-electron chi connectivity index (χ0n) is 76.9. The molecule has 16 nitrogen and oxygen atoms in total. The van der Waals surface area contributed by atoms with Crippen LogP contribution in [0.5, 0.6) is 0 Å². The molecule has 0 aliphatic heterocycles. The molecule has 18 heteroatoms. The number of allylic oxidation sites excluding steroid dienone is 26. The van der Waals surface area contributed by atoms with Crippen molar-refractivity contribution in [1.29, 1.82) is 0 Å². The Morgan fingerprint density at radius 3 is 0.702 bits per heavy atom. The second kappa shape index (κ2) is 94.3. The smallest absolute Gasteiger partial charge is 0.463 e. The number of hydrogen-bond acceptors (Lipinski definition) is 14. The first kappa shape index (κ1) is 116. The van der Waals surface area contributed by atoms with Crippen LogP contribution in [0.3, 0.4) is 0 Å². The van der Waals surface area contributed by atoms with Gasteiger partial charge >= 0.3 is 33.6 Å². The molecule has 0 aromatic heterocycles. The molecule has 0 aliphatic rings. The fraction of sp³-hybridized carbons (Fsp3) is 0.718. The van der Waals surface area contributed by atoms with Crippen molar-refractivity contribution in [2.75, 3.05) is 39.6 Å². The van der Waals surface area contributed by atoms with Gasteiger partial charge in [0.2, 0.25) is 0 Å². The fourth-order valence-electron chi connectivity index (χ4n) is 13.4. The Hall–Kier alpha value is -4.83. The minimum Gasteiger partial charge on any atom is -0.463 e. The monoisotopic (exact) mass is 1730 g/mol. The number of unbranched alkanes of at least 4 members (excludes halogenated alkanes) is 43. The van der Waals surface area contributed by atoms with Gasteiger partial charge in [-0.15, -0.1) is 0 Å². The van der Waals surface area contributed by atoms with Gasteiger partial charge in [0, 0.05) is 19.3 Å². The Kier molecular flexibility index (Phi) is 90.5. The van der Waals surface area contributed by atoms with Gasteiger partial charge < -0.3 is 34.2 Å². The quantitative estimate of drug-likeness (QED) is 0.0146. The molecule has 0 aliphatic carbocycles. The summed E-state index contributed by atoms with van der Waals surface area (Å²) in [5.41, 5.74) is 0. The van der Waals surface area contributed by atoms with Gasteiger partial charge in [-0.3, -0.25) is 32.5 Å². The van der Waals surface area contributed by atoms with E-state index in [1.165, 1.54) is 205 Å². The molecule has 0 aromatic rings. The average Bonchev–Trinajstić information content (AvgIpc) is 0.890. The molecule has 0 radical (unpaired) electrons. The molecule has 4 N–H and O–H groups in total. The molecule has 0 saturated heterocycles. The van der Waals surface area contributed by atoms with Crippen LogP contribution in [-0.2, 0) is 55.8 Å². The molecule has 0 rings (SSSR count). The maximum atomic E-state index is 13.0. The summed E-state index contributed by atoms with van der Waals surface area (Å²) in [6.07, 6.45) is 122. The lowest BCUT2D eigenvalue weighted by atomic mass is 10.0. The Labute approximate surface area is 740 Å². The highest BCUT2D eigenvalue weighted by Crippen LogP contribution is 2.45. The topological polar surface area (TPSA) is 231 Å². The third-order valence-electron chi connectivity index (χ3n) is 20.7. The zero-order chi connectivity index (χ0) is 87.9. The maximum Gasteiger partial charge on any atom is 0.472 e. The second-order valence-corrected chi connectivity index (χ2v) is 35.4. The lowest BCUT2D eigenvalue weighted by molar-refractivity contribution is -0.161. The van der Waals surface area contributed by atoms with Gasteiger partial charge in [0.15, 0.2) is 6.10 Å². The number of ether oxygens (including phenoxy) is 3. The summed E-state index contributed by atoms with van der Waals surface area (Å²) >= 11 is 0. The first-order chi connectivity index (χ1) is 59.2. The largest absolute Gasteiger partial charge is 0.472 e. The van der Waals surface area contributed by atoms with E-state index >= 15 is 0 Å². The van der Waals surface area contributed by atoms with Crippen molar-refractivity contribution >= 4 is 33.6 Å². The SMILES string of the molecule is CC/C=C\C/C=C\C/C=C\C/C=C\C/C=C\C/C=C\CCCCCCCCCCCCCCCCCCC(=O)OCC(O)COP(=O)(O)OCC(O)COP(=O)(O)OCC(COC(=O)CCCCCCCCCCCCCCCCCC/C=C\C/C=C\C/C=C\C/C=C\C/C=C\C/C=C\CC)OC(=O)CCCCCCC/C=C\CCCCCCCC. The standard InChI is InChI=1S/C103H178O16P2/c1-4-7-10-13-16-19-22-25-28-30-32-34-36-38-40-42-44-46-48-50-52-54-56-58-60-62-64-66-69-71-74-77-80-83-86-89-101(106)113-92-98(104)93-115-120(109,110)116-94-99(105)95-117-121(111,112)118-97-100(119-103(108)91-88-85-82-79-76-73-68-27-24-21-18-15-12-9-6-3)96-114-102(107)90-87-84-81-78-75-72-70-67-65-63-61-59-57-55-53-51-49-47-45-43-41-39-37-35-33-31-29-26-23-20-17-14-11-8-5-2/h7-8,10-11,16-17,19-20,25-29,32-35,38-41,44-47,68,98-100,104-105H,4-6,9,12-15,18,21-24,30-31,36-37,42-43,48-67,69-97H2,1-3H3,(H,109,110)(H,111,112)/b10-7-,11-8-,19-16-,20-17-,28-25-,29-26-,34-32-,35-33-,40-38-,41-39-,46-44-,47-45-,68-27-. The number of phosphoric ester groups is 2. The van der Waals surface area contributed by atoms with Crippen LogP contribution >= 0.6 is 15.6 Å². The van der Waals surface area contributed by atoms with Crippen LogP contribution < -0.4 is 0 Å². The highest BCUT2D eigenvalue weighted by molar-refractivity contribution is 7.47. The molecule has 0 aromatic carbocycles. The molecule has 0 amide bonds. The molecule has 0 heterocycles. The van der Waals surface area contributed by atoms with Crippen molar-refractivity contribution in [1.82, 2.24) is 0 Å². The van der Waals surface area contributed by atoms with Crippen LogP contribution in [0, 0.1) is 0 Å². The van der Waals surface area contributed by atoms with Crippen molar-refractivity contribution in [3.05, 3.63) is 158 Å². The van der Waals surface area contributed by atoms with Gasteiger partial charge in [0.05, 0.1) is 26.4 Å². The van der Waals surface area contributed by atoms with E-state index in [-0.39, 0.29) is 19.3 Å². The summed E-state index contributed by atoms with van der Waals surface area (Å²) in [5.74, 6) is -1.57. The van der Waals surface area contributed by atoms with E-state index in [2.05, 4.69) is 179 Å². The molecule has 0 saturated carbocycles. The Morgan fingerprint density at radius 2 is 0.438 bits per heavy atom. The summed E-state index contributed by atoms with van der Waals surface area (Å²) in [7, 11) is -9.80. The van der Waals surface area contributed by atoms with Gasteiger partial charge in [-0.25, -0.2) is 9.13 Å². The predicted molar refractivity (Wildman–Crippen MR) is 509 cm³/mol. The van der Waals surface area contributed by atoms with Gasteiger partial charge in [-0.1, -0.05) is 410 Å². The Morgan fingerprint density at radius 1 is 0.240 bits per heavy atom. The van der Waals surface area contributed by atoms with Crippen molar-refractivity contribution in [2.24, 2.45) is 0 Å². The van der Waals surface area contributed by atoms with Crippen molar-refractivity contribution in [2.45, 2.75) is 437 Å². The molecule has 0 spiro atoms. The van der Waals surface area contributed by atoms with Crippen LogP contribution in [-0.4, -0.2) is 95.9 Å². The average molecular weight is 1730 g/mol. The van der Waals surface area contributed by atoms with Gasteiger partial charge in [-0.2, -0.15) is 0 Å². The molecular weight excluding hydrogens is 1560 g/mol. The fourth-order valence-corrected chi connectivity index (χ4v) is 15.0. The van der Waals surface area contributed by atoms with Crippen molar-refractivity contribution < 1.29 is 75.8 Å². The number of rotatable bonds is 92. The first-order valence-corrected chi connectivity index (χ1v) is 51.8. The molecule has 5 atom stereocenters. The number of aliphatic hydroxyl groups excluding tert-OH is 2. The molecule has 0 bridgehead atoms. The number of esters is 3. The lowest BCUT2D eigenvalue weighted by Gasteiger charge is -2.21. The van der Waals surface area contributed by atoms with Gasteiger partial charge in [0.25, 0.3) is 0 Å². The second-order valence-electron chi connectivity index (χ2n) is 32.5. The van der Waals surface area contributed by atoms with Crippen LogP contribution in [0.2, 0.25) is 0 Å². The number of aliphatic hydroxyl groups is 2. The minimum absolute atomic E-state index is 0.0952. The van der Waals surface area contributed by atoms with E-state index in [0.717, 1.165) is 154 Å². The van der Waals surface area contributed by atoms with Crippen LogP contribution in [0.1, 0.15) is 419 Å². The summed E-state index contributed by atoms with van der Waals surface area (Å²) < 4.78 is 61.5. The number of hydrogen-bond donors (Lipinski definition) is 4. The minimum atomic E-state index is -4.94. The molecule has 0 fully saturated rings. The number of carbonyl (C=O) groups is 3. The van der Waals surface area contributed by atoms with Crippen LogP contribution in [0.25, 0.3) is 0 Å². The van der Waals surface area contributed by atoms with Crippen LogP contribution in [0.4, 0.5) is 0 Å². The van der Waals surface area contributed by atoms with E-state index in [4.69, 9.17) is 32.3 Å². The third kappa shape index (κ3) is 95.7. The summed E-state index contributed by atoms with van der Waals surface area (Å²) in [6.45, 7) is 2.50. The molecular formula is C103H178O16P2. The highest BCUT2D eigenvalue weighted by Gasteiger charge is 2.30. The number of carbonyl (C=O) groups excluding carboxylic acids is 3. The van der Waals surface area contributed by atoms with E-state index in [0.29, 0.717) is 19.3 Å². The molecule has 696 valence electrons. The first-order valence-electron chi connectivity index (χ1n) is 48.8. The summed E-state index contributed by atoms with van der Waals surface area (Å²) in [6, 6.07) is 0. The van der Waals surface area contributed by atoms with Crippen molar-refractivity contribution in [3.8, 4) is 0 Å². The Balaban J connectivity index is 4.41. The van der Waals surface area contributed by atoms with Gasteiger partial charge in [-0.05, 0) is 148 Å². The van der Waals surface area contributed by atoms with Gasteiger partial charge in [0.1, 0.15) is 25.4 Å². The van der Waals surface area contributed by atoms with Crippen molar-refractivity contribution in [3.63, 3.8) is 0 Å². The highest BCUT2D eigenvalue weighted by atomic mass is 31.2. The normalized spacial score (nSPS) is 14.4. The van der Waals surface area contributed by atoms with E-state index in [9.17, 15) is 43.5 Å². The predicted octanol–water partition coefficient (Wildman–Crippen LogP) is 30.5. The third-order valence-corrected chi connectivity index (χ3v) is 22.6. The van der Waals surface area contributed by atoms with E-state index in [1.54, 1.807) is 0 Å². The summed E-state index contributed by atoms with van der Waals surface area (Å²) in [5, 5.41) is 20.7. The Bertz CT molecular complexity index is 2830. The zero-order valence-corrected chi connectivity index (χ0v) is 78.7. The lowest BCUT2D eigenvalue weighted by Crippen LogP contribution is -2.30. The van der Waals surface area contributed by atoms with Crippen LogP contribution in [0.15, 0.2) is 158 Å².